The van der Waals surface area contributed by atoms with E-state index in [1.165, 1.54) is 10.5 Å². The molecule has 0 aliphatic rings. The number of rotatable bonds is 4. The van der Waals surface area contributed by atoms with E-state index in [2.05, 4.69) is 53.5 Å². The highest BCUT2D eigenvalue weighted by Crippen LogP contribution is 2.26. The van der Waals surface area contributed by atoms with E-state index in [9.17, 15) is 0 Å². The molecule has 0 fully saturated rings. The molecule has 4 heteroatoms. The molecule has 0 bridgehead atoms. The largest absolute Gasteiger partial charge is 0.241 e. The van der Waals surface area contributed by atoms with Crippen molar-refractivity contribution in [2.45, 2.75) is 11.3 Å². The first-order valence-electron chi connectivity index (χ1n) is 5.03. The molecule has 1 heterocycles. The standard InChI is InChI=1S/C12H13NS3/c1-15-11-4-2-9(3-5-11)12-13-10(6-7-14)8-16-12/h2-5,8,14H,6-7H2,1H3. The Morgan fingerprint density at radius 1 is 1.31 bits per heavy atom. The number of aromatic nitrogens is 1. The van der Waals surface area contributed by atoms with Crippen LogP contribution in [0.3, 0.4) is 0 Å². The maximum absolute atomic E-state index is 4.59. The molecule has 0 saturated carbocycles. The van der Waals surface area contributed by atoms with Crippen LogP contribution in [-0.4, -0.2) is 17.0 Å². The number of thioether (sulfide) groups is 1. The number of thiol groups is 1. The van der Waals surface area contributed by atoms with Gasteiger partial charge in [0, 0.05) is 15.8 Å². The van der Waals surface area contributed by atoms with Crippen molar-refractivity contribution >= 4 is 35.7 Å². The van der Waals surface area contributed by atoms with Crippen molar-refractivity contribution in [1.29, 1.82) is 0 Å². The highest BCUT2D eigenvalue weighted by atomic mass is 32.2. The van der Waals surface area contributed by atoms with E-state index >= 15 is 0 Å². The molecule has 0 saturated heterocycles. The smallest absolute Gasteiger partial charge is 0.123 e. The van der Waals surface area contributed by atoms with E-state index in [0.29, 0.717) is 0 Å². The van der Waals surface area contributed by atoms with Crippen LogP contribution < -0.4 is 0 Å². The van der Waals surface area contributed by atoms with Crippen LogP contribution in [0, 0.1) is 0 Å². The minimum Gasteiger partial charge on any atom is -0.241 e. The number of hydrogen-bond acceptors (Lipinski definition) is 4. The van der Waals surface area contributed by atoms with Crippen LogP contribution in [0.2, 0.25) is 0 Å². The molecule has 1 aromatic carbocycles. The van der Waals surface area contributed by atoms with E-state index in [4.69, 9.17) is 0 Å². The van der Waals surface area contributed by atoms with Crippen molar-refractivity contribution in [1.82, 2.24) is 4.98 Å². The van der Waals surface area contributed by atoms with Crippen molar-refractivity contribution in [3.63, 3.8) is 0 Å². The predicted octanol–water partition coefficient (Wildman–Crippen LogP) is 4.00. The van der Waals surface area contributed by atoms with Crippen molar-refractivity contribution in [3.8, 4) is 10.6 Å². The average Bonchev–Trinajstić information content (AvgIpc) is 2.78. The molecule has 16 heavy (non-hydrogen) atoms. The van der Waals surface area contributed by atoms with Gasteiger partial charge in [-0.3, -0.25) is 0 Å². The quantitative estimate of drug-likeness (QED) is 0.664. The minimum absolute atomic E-state index is 0.856. The maximum atomic E-state index is 4.59. The van der Waals surface area contributed by atoms with E-state index in [1.54, 1.807) is 23.1 Å². The monoisotopic (exact) mass is 267 g/mol. The van der Waals surface area contributed by atoms with Gasteiger partial charge in [0.25, 0.3) is 0 Å². The first-order valence-corrected chi connectivity index (χ1v) is 7.77. The predicted molar refractivity (Wildman–Crippen MR) is 76.9 cm³/mol. The van der Waals surface area contributed by atoms with Crippen LogP contribution in [-0.2, 0) is 6.42 Å². The number of nitrogens with zero attached hydrogens (tertiary/aromatic N) is 1. The van der Waals surface area contributed by atoms with Crippen LogP contribution >= 0.6 is 35.7 Å². The van der Waals surface area contributed by atoms with Crippen LogP contribution in [0.4, 0.5) is 0 Å². The molecule has 0 N–H and O–H groups in total. The second-order valence-corrected chi connectivity index (χ2v) is 5.53. The van der Waals surface area contributed by atoms with Gasteiger partial charge < -0.3 is 0 Å². The molecule has 0 atom stereocenters. The molecule has 0 spiro atoms. The Bertz CT molecular complexity index is 448. The summed E-state index contributed by atoms with van der Waals surface area (Å²) in [6, 6.07) is 8.55. The molecule has 2 aromatic rings. The first-order chi connectivity index (χ1) is 7.83. The second kappa shape index (κ2) is 5.75. The molecule has 1 aromatic heterocycles. The number of aryl methyl sites for hydroxylation is 1. The molecule has 0 aliphatic carbocycles. The summed E-state index contributed by atoms with van der Waals surface area (Å²) in [4.78, 5) is 5.88. The SMILES string of the molecule is CSc1ccc(-c2nc(CCS)cs2)cc1. The van der Waals surface area contributed by atoms with E-state index < -0.39 is 0 Å². The third-order valence-electron chi connectivity index (χ3n) is 2.26. The summed E-state index contributed by atoms with van der Waals surface area (Å²) in [6.07, 6.45) is 3.03. The highest BCUT2D eigenvalue weighted by molar-refractivity contribution is 7.98. The summed E-state index contributed by atoms with van der Waals surface area (Å²) in [5.41, 5.74) is 2.34. The second-order valence-electron chi connectivity index (χ2n) is 3.35. The number of thiazole rings is 1. The Morgan fingerprint density at radius 2 is 2.06 bits per heavy atom. The van der Waals surface area contributed by atoms with Crippen LogP contribution in [0.5, 0.6) is 0 Å². The van der Waals surface area contributed by atoms with Gasteiger partial charge >= 0.3 is 0 Å². The fourth-order valence-electron chi connectivity index (χ4n) is 1.40. The van der Waals surface area contributed by atoms with E-state index in [-0.39, 0.29) is 0 Å². The lowest BCUT2D eigenvalue weighted by Gasteiger charge is -1.98. The zero-order valence-corrected chi connectivity index (χ0v) is 11.5. The third-order valence-corrected chi connectivity index (χ3v) is 4.16. The Balaban J connectivity index is 2.21. The van der Waals surface area contributed by atoms with Crippen LogP contribution in [0.1, 0.15) is 5.69 Å². The zero-order chi connectivity index (χ0) is 11.4. The zero-order valence-electron chi connectivity index (χ0n) is 9.01. The van der Waals surface area contributed by atoms with Gasteiger partial charge in [-0.1, -0.05) is 12.1 Å². The molecule has 2 rings (SSSR count). The van der Waals surface area contributed by atoms with Gasteiger partial charge in [0.2, 0.25) is 0 Å². The molecule has 84 valence electrons. The average molecular weight is 267 g/mol. The fourth-order valence-corrected chi connectivity index (χ4v) is 2.90. The van der Waals surface area contributed by atoms with Gasteiger partial charge in [0.05, 0.1) is 5.69 Å². The lowest BCUT2D eigenvalue weighted by molar-refractivity contribution is 1.08. The van der Waals surface area contributed by atoms with Crippen molar-refractivity contribution < 1.29 is 0 Å². The molecule has 1 nitrogen and oxygen atoms in total. The topological polar surface area (TPSA) is 12.9 Å². The summed E-state index contributed by atoms with van der Waals surface area (Å²) >= 11 is 7.68. The van der Waals surface area contributed by atoms with Crippen molar-refractivity contribution in [2.24, 2.45) is 0 Å². The van der Waals surface area contributed by atoms with Gasteiger partial charge in [-0.05, 0) is 30.6 Å². The van der Waals surface area contributed by atoms with E-state index in [1.807, 2.05) is 0 Å². The molecule has 0 unspecified atom stereocenters. The first kappa shape index (κ1) is 12.0. The van der Waals surface area contributed by atoms with E-state index in [0.717, 1.165) is 22.9 Å². The van der Waals surface area contributed by atoms with Gasteiger partial charge in [0.1, 0.15) is 5.01 Å². The summed E-state index contributed by atoms with van der Waals surface area (Å²) in [7, 11) is 0. The summed E-state index contributed by atoms with van der Waals surface area (Å²) in [5, 5.41) is 3.22. The Kier molecular flexibility index (Phi) is 4.32. The normalized spacial score (nSPS) is 10.6. The Morgan fingerprint density at radius 3 is 2.69 bits per heavy atom. The van der Waals surface area contributed by atoms with Crippen LogP contribution in [0.15, 0.2) is 34.5 Å². The fraction of sp³-hybridized carbons (Fsp3) is 0.250. The number of hydrogen-bond donors (Lipinski definition) is 1. The lowest BCUT2D eigenvalue weighted by Crippen LogP contribution is -1.85. The van der Waals surface area contributed by atoms with Gasteiger partial charge in [0.15, 0.2) is 0 Å². The van der Waals surface area contributed by atoms with Gasteiger partial charge in [-0.15, -0.1) is 23.1 Å². The summed E-state index contributed by atoms with van der Waals surface area (Å²) in [5.74, 6) is 0.856. The minimum atomic E-state index is 0.856. The number of benzene rings is 1. The maximum Gasteiger partial charge on any atom is 0.123 e. The molecular formula is C12H13NS3. The Labute approximate surface area is 110 Å². The molecule has 0 aliphatic heterocycles. The molecule has 0 amide bonds. The lowest BCUT2D eigenvalue weighted by atomic mass is 10.2. The van der Waals surface area contributed by atoms with Crippen molar-refractivity contribution in [3.05, 3.63) is 35.3 Å². The highest BCUT2D eigenvalue weighted by Gasteiger charge is 2.03. The molecular weight excluding hydrogens is 254 g/mol. The Hall–Kier alpha value is -0.450. The summed E-state index contributed by atoms with van der Waals surface area (Å²) < 4.78 is 0. The van der Waals surface area contributed by atoms with Crippen LogP contribution in [0.25, 0.3) is 10.6 Å². The van der Waals surface area contributed by atoms with Crippen molar-refractivity contribution in [2.75, 3.05) is 12.0 Å². The van der Waals surface area contributed by atoms with Gasteiger partial charge in [-0.25, -0.2) is 4.98 Å². The molecule has 0 radical (unpaired) electrons. The third kappa shape index (κ3) is 2.81. The van der Waals surface area contributed by atoms with Gasteiger partial charge in [-0.2, -0.15) is 12.6 Å². The summed E-state index contributed by atoms with van der Waals surface area (Å²) in [6.45, 7) is 0.